The highest BCUT2D eigenvalue weighted by atomic mass is 16.1. The average Bonchev–Trinajstić information content (AvgIpc) is 2.97. The molecule has 1 aromatic carbocycles. The van der Waals surface area contributed by atoms with E-state index in [9.17, 15) is 4.79 Å². The number of hydrogen-bond donors (Lipinski definition) is 1. The van der Waals surface area contributed by atoms with Crippen molar-refractivity contribution in [3.63, 3.8) is 0 Å². The lowest BCUT2D eigenvalue weighted by Crippen LogP contribution is -2.22. The van der Waals surface area contributed by atoms with Gasteiger partial charge in [-0.15, -0.1) is 0 Å². The monoisotopic (exact) mass is 277 g/mol. The van der Waals surface area contributed by atoms with E-state index in [0.717, 1.165) is 5.56 Å². The van der Waals surface area contributed by atoms with E-state index >= 15 is 0 Å². The quantitative estimate of drug-likeness (QED) is 0.787. The molecular formula is C15H11N5O. The molecule has 0 spiro atoms. The second kappa shape index (κ2) is 5.43. The zero-order chi connectivity index (χ0) is 14.7. The van der Waals surface area contributed by atoms with Gasteiger partial charge < -0.3 is 5.32 Å². The summed E-state index contributed by atoms with van der Waals surface area (Å²) < 4.78 is 1.60. The Labute approximate surface area is 120 Å². The van der Waals surface area contributed by atoms with E-state index < -0.39 is 0 Å². The van der Waals surface area contributed by atoms with E-state index in [1.807, 2.05) is 12.1 Å². The molecule has 6 heteroatoms. The number of aromatic nitrogens is 3. The van der Waals surface area contributed by atoms with Gasteiger partial charge in [0.05, 0.1) is 35.1 Å². The highest BCUT2D eigenvalue weighted by Gasteiger charge is 2.12. The number of amides is 1. The van der Waals surface area contributed by atoms with Crippen molar-refractivity contribution in [2.24, 2.45) is 0 Å². The van der Waals surface area contributed by atoms with Crippen LogP contribution in [0.5, 0.6) is 0 Å². The van der Waals surface area contributed by atoms with E-state index in [1.165, 1.54) is 6.20 Å². The van der Waals surface area contributed by atoms with Gasteiger partial charge >= 0.3 is 0 Å². The minimum absolute atomic E-state index is 0.206. The van der Waals surface area contributed by atoms with Gasteiger partial charge in [0, 0.05) is 18.9 Å². The number of benzene rings is 1. The first-order chi connectivity index (χ1) is 10.3. The van der Waals surface area contributed by atoms with Crippen molar-refractivity contribution in [2.45, 2.75) is 6.54 Å². The van der Waals surface area contributed by atoms with Gasteiger partial charge in [0.2, 0.25) is 0 Å². The van der Waals surface area contributed by atoms with Gasteiger partial charge in [0.25, 0.3) is 5.91 Å². The third kappa shape index (κ3) is 2.58. The Morgan fingerprint density at radius 2 is 2.10 bits per heavy atom. The molecule has 21 heavy (non-hydrogen) atoms. The van der Waals surface area contributed by atoms with Crippen LogP contribution >= 0.6 is 0 Å². The Kier molecular flexibility index (Phi) is 3.31. The number of hydrogen-bond acceptors (Lipinski definition) is 4. The van der Waals surface area contributed by atoms with Crippen LogP contribution in [0, 0.1) is 11.3 Å². The molecule has 0 bridgehead atoms. The first-order valence-electron chi connectivity index (χ1n) is 6.32. The van der Waals surface area contributed by atoms with Crippen molar-refractivity contribution < 1.29 is 4.79 Å². The molecule has 6 nitrogen and oxygen atoms in total. The maximum atomic E-state index is 12.2. The minimum Gasteiger partial charge on any atom is -0.348 e. The minimum atomic E-state index is -0.206. The molecule has 102 valence electrons. The van der Waals surface area contributed by atoms with Crippen LogP contribution in [0.15, 0.2) is 49.1 Å². The fourth-order valence-electron chi connectivity index (χ4n) is 1.98. The van der Waals surface area contributed by atoms with Gasteiger partial charge in [-0.05, 0) is 17.7 Å². The number of nitrogens with zero attached hydrogens (tertiary/aromatic N) is 4. The Bertz CT molecular complexity index is 829. The molecule has 0 aliphatic heterocycles. The van der Waals surface area contributed by atoms with Crippen LogP contribution in [0.25, 0.3) is 5.52 Å². The topological polar surface area (TPSA) is 83.1 Å². The van der Waals surface area contributed by atoms with Crippen LogP contribution in [0.1, 0.15) is 21.5 Å². The van der Waals surface area contributed by atoms with Gasteiger partial charge in [0.1, 0.15) is 0 Å². The van der Waals surface area contributed by atoms with Crippen LogP contribution in [0.4, 0.5) is 0 Å². The number of carbonyl (C=O) groups is 1. The Balaban J connectivity index is 1.73. The molecule has 0 fully saturated rings. The van der Waals surface area contributed by atoms with E-state index in [2.05, 4.69) is 21.5 Å². The number of fused-ring (bicyclic) bond motifs is 1. The van der Waals surface area contributed by atoms with Crippen molar-refractivity contribution >= 4 is 11.4 Å². The van der Waals surface area contributed by atoms with E-state index in [1.54, 1.807) is 35.2 Å². The lowest BCUT2D eigenvalue weighted by Gasteiger charge is -2.04. The van der Waals surface area contributed by atoms with Crippen molar-refractivity contribution in [3.8, 4) is 6.07 Å². The summed E-state index contributed by atoms with van der Waals surface area (Å²) in [6, 6.07) is 9.13. The first kappa shape index (κ1) is 12.8. The van der Waals surface area contributed by atoms with E-state index in [-0.39, 0.29) is 5.91 Å². The molecule has 3 rings (SSSR count). The van der Waals surface area contributed by atoms with Gasteiger partial charge in [0.15, 0.2) is 0 Å². The van der Waals surface area contributed by atoms with Gasteiger partial charge in [-0.2, -0.15) is 10.4 Å². The van der Waals surface area contributed by atoms with E-state index in [4.69, 9.17) is 5.26 Å². The summed E-state index contributed by atoms with van der Waals surface area (Å²) in [4.78, 5) is 16.2. The molecule has 3 aromatic rings. The Morgan fingerprint density at radius 3 is 2.86 bits per heavy atom. The molecule has 2 aromatic heterocycles. The maximum Gasteiger partial charge on any atom is 0.255 e. The molecular weight excluding hydrogens is 266 g/mol. The second-order valence-corrected chi connectivity index (χ2v) is 4.46. The lowest BCUT2D eigenvalue weighted by atomic mass is 10.1. The average molecular weight is 277 g/mol. The molecule has 1 N–H and O–H groups in total. The normalized spacial score (nSPS) is 10.2. The van der Waals surface area contributed by atoms with Crippen molar-refractivity contribution in [3.05, 3.63) is 65.7 Å². The largest absolute Gasteiger partial charge is 0.348 e. The second-order valence-electron chi connectivity index (χ2n) is 4.46. The summed E-state index contributed by atoms with van der Waals surface area (Å²) in [5, 5.41) is 15.7. The SMILES string of the molecule is N#Cc1ccc(CNC(=O)c2cnn3ccncc23)cc1. The molecule has 0 saturated carbocycles. The van der Waals surface area contributed by atoms with Crippen LogP contribution in [-0.2, 0) is 6.54 Å². The highest BCUT2D eigenvalue weighted by molar-refractivity contribution is 6.00. The lowest BCUT2D eigenvalue weighted by molar-refractivity contribution is 0.0952. The number of nitrogens with one attached hydrogen (secondary N) is 1. The fraction of sp³-hybridized carbons (Fsp3) is 0.0667. The van der Waals surface area contributed by atoms with Gasteiger partial charge in [-0.1, -0.05) is 12.1 Å². The smallest absolute Gasteiger partial charge is 0.255 e. The number of nitriles is 1. The maximum absolute atomic E-state index is 12.2. The summed E-state index contributed by atoms with van der Waals surface area (Å²) in [5.74, 6) is -0.206. The summed E-state index contributed by atoms with van der Waals surface area (Å²) in [6.07, 6.45) is 6.42. The van der Waals surface area contributed by atoms with Gasteiger partial charge in [-0.3, -0.25) is 9.78 Å². The van der Waals surface area contributed by atoms with Crippen LogP contribution in [-0.4, -0.2) is 20.5 Å². The summed E-state index contributed by atoms with van der Waals surface area (Å²) in [5.41, 5.74) is 2.67. The van der Waals surface area contributed by atoms with E-state index in [0.29, 0.717) is 23.2 Å². The Morgan fingerprint density at radius 1 is 1.29 bits per heavy atom. The fourth-order valence-corrected chi connectivity index (χ4v) is 1.98. The molecule has 0 atom stereocenters. The zero-order valence-corrected chi connectivity index (χ0v) is 11.0. The third-order valence-electron chi connectivity index (χ3n) is 3.11. The third-order valence-corrected chi connectivity index (χ3v) is 3.11. The van der Waals surface area contributed by atoms with Crippen LogP contribution in [0.2, 0.25) is 0 Å². The summed E-state index contributed by atoms with van der Waals surface area (Å²) in [6.45, 7) is 0.391. The van der Waals surface area contributed by atoms with Crippen molar-refractivity contribution in [1.29, 1.82) is 5.26 Å². The molecule has 0 aliphatic rings. The van der Waals surface area contributed by atoms with Crippen molar-refractivity contribution in [2.75, 3.05) is 0 Å². The zero-order valence-electron chi connectivity index (χ0n) is 11.0. The first-order valence-corrected chi connectivity index (χ1v) is 6.32. The standard InChI is InChI=1S/C15H11N5O/c16-7-11-1-3-12(4-2-11)8-18-15(21)13-9-19-20-6-5-17-10-14(13)20/h1-6,9-10H,8H2,(H,18,21). The molecule has 1 amide bonds. The van der Waals surface area contributed by atoms with Crippen LogP contribution in [0.3, 0.4) is 0 Å². The number of carbonyl (C=O) groups excluding carboxylic acids is 1. The molecule has 0 aliphatic carbocycles. The van der Waals surface area contributed by atoms with Crippen LogP contribution < -0.4 is 5.32 Å². The number of rotatable bonds is 3. The molecule has 2 heterocycles. The summed E-state index contributed by atoms with van der Waals surface area (Å²) >= 11 is 0. The van der Waals surface area contributed by atoms with Crippen molar-refractivity contribution in [1.82, 2.24) is 19.9 Å². The summed E-state index contributed by atoms with van der Waals surface area (Å²) in [7, 11) is 0. The molecule has 0 unspecified atom stereocenters. The molecule has 0 radical (unpaired) electrons. The Hall–Kier alpha value is -3.20. The predicted molar refractivity (Wildman–Crippen MR) is 75.3 cm³/mol. The van der Waals surface area contributed by atoms with Gasteiger partial charge in [-0.25, -0.2) is 4.52 Å². The highest BCUT2D eigenvalue weighted by Crippen LogP contribution is 2.09. The molecule has 0 saturated heterocycles. The predicted octanol–water partition coefficient (Wildman–Crippen LogP) is 1.53.